The first kappa shape index (κ1) is 11.4. The summed E-state index contributed by atoms with van der Waals surface area (Å²) in [5, 5.41) is 19.5. The molecule has 0 atom stereocenters. The van der Waals surface area contributed by atoms with Crippen LogP contribution in [0.4, 0.5) is 5.69 Å². The molecule has 2 rings (SSSR count). The zero-order chi connectivity index (χ0) is 12.4. The molecule has 0 aliphatic heterocycles. The van der Waals surface area contributed by atoms with Gasteiger partial charge >= 0.3 is 11.7 Å². The molecule has 1 N–H and O–H groups in total. The van der Waals surface area contributed by atoms with Crippen molar-refractivity contribution >= 4 is 11.7 Å². The number of carbonyl (C=O) groups is 1. The van der Waals surface area contributed by atoms with E-state index in [4.69, 9.17) is 9.84 Å². The molecule has 0 saturated heterocycles. The molecule has 0 radical (unpaired) electrons. The summed E-state index contributed by atoms with van der Waals surface area (Å²) < 4.78 is 5.32. The lowest BCUT2D eigenvalue weighted by Crippen LogP contribution is -2.04. The second-order valence-corrected chi connectivity index (χ2v) is 4.00. The SMILES string of the molecule is O=C(O)c1ccc(OCC2CC2)c([N+](=O)[O-])c1. The van der Waals surface area contributed by atoms with Crippen molar-refractivity contribution in [2.24, 2.45) is 5.92 Å². The average molecular weight is 237 g/mol. The number of carboxylic acid groups (broad SMARTS) is 1. The Bertz CT molecular complexity index is 467. The number of nitrogens with zero attached hydrogens (tertiary/aromatic N) is 1. The monoisotopic (exact) mass is 237 g/mol. The van der Waals surface area contributed by atoms with Crippen LogP contribution in [0, 0.1) is 16.0 Å². The molecule has 0 bridgehead atoms. The van der Waals surface area contributed by atoms with Crippen LogP contribution in [0.25, 0.3) is 0 Å². The summed E-state index contributed by atoms with van der Waals surface area (Å²) in [6.45, 7) is 0.452. The molecular weight excluding hydrogens is 226 g/mol. The number of hydrogen-bond acceptors (Lipinski definition) is 4. The molecule has 0 aromatic heterocycles. The van der Waals surface area contributed by atoms with Crippen molar-refractivity contribution in [1.29, 1.82) is 0 Å². The standard InChI is InChI=1S/C11H11NO5/c13-11(14)8-3-4-10(9(5-8)12(15)16)17-6-7-1-2-7/h3-5,7H,1-2,6H2,(H,13,14). The number of aromatic carboxylic acids is 1. The summed E-state index contributed by atoms with van der Waals surface area (Å²) in [4.78, 5) is 20.9. The van der Waals surface area contributed by atoms with Crippen LogP contribution in [0.1, 0.15) is 23.2 Å². The fraction of sp³-hybridized carbons (Fsp3) is 0.364. The summed E-state index contributed by atoms with van der Waals surface area (Å²) in [7, 11) is 0. The Morgan fingerprint density at radius 1 is 1.53 bits per heavy atom. The first-order chi connectivity index (χ1) is 8.08. The van der Waals surface area contributed by atoms with Crippen molar-refractivity contribution < 1.29 is 19.6 Å². The summed E-state index contributed by atoms with van der Waals surface area (Å²) in [5.41, 5.74) is -0.416. The van der Waals surface area contributed by atoms with Crippen molar-refractivity contribution in [2.45, 2.75) is 12.8 Å². The summed E-state index contributed by atoms with van der Waals surface area (Å²) >= 11 is 0. The minimum Gasteiger partial charge on any atom is -0.487 e. The molecule has 0 heterocycles. The number of carboxylic acids is 1. The zero-order valence-electron chi connectivity index (χ0n) is 8.96. The van der Waals surface area contributed by atoms with E-state index in [0.717, 1.165) is 18.9 Å². The third-order valence-electron chi connectivity index (χ3n) is 2.57. The van der Waals surface area contributed by atoms with Crippen LogP contribution in [0.5, 0.6) is 5.75 Å². The molecule has 6 heteroatoms. The van der Waals surface area contributed by atoms with Crippen LogP contribution < -0.4 is 4.74 Å². The average Bonchev–Trinajstić information content (AvgIpc) is 3.09. The molecule has 6 nitrogen and oxygen atoms in total. The third kappa shape index (κ3) is 2.72. The Balaban J connectivity index is 2.23. The Morgan fingerprint density at radius 2 is 2.24 bits per heavy atom. The van der Waals surface area contributed by atoms with E-state index >= 15 is 0 Å². The fourth-order valence-electron chi connectivity index (χ4n) is 1.41. The van der Waals surface area contributed by atoms with E-state index < -0.39 is 10.9 Å². The molecule has 1 aliphatic carbocycles. The minimum atomic E-state index is -1.19. The van der Waals surface area contributed by atoms with Crippen molar-refractivity contribution in [2.75, 3.05) is 6.61 Å². The lowest BCUT2D eigenvalue weighted by molar-refractivity contribution is -0.385. The maximum Gasteiger partial charge on any atom is 0.335 e. The van der Waals surface area contributed by atoms with Gasteiger partial charge in [0.1, 0.15) is 0 Å². The maximum atomic E-state index is 10.8. The van der Waals surface area contributed by atoms with E-state index in [1.165, 1.54) is 12.1 Å². The number of hydrogen-bond donors (Lipinski definition) is 1. The van der Waals surface area contributed by atoms with E-state index in [2.05, 4.69) is 0 Å². The van der Waals surface area contributed by atoms with E-state index in [0.29, 0.717) is 12.5 Å². The van der Waals surface area contributed by atoms with Crippen molar-refractivity contribution in [3.63, 3.8) is 0 Å². The highest BCUT2D eigenvalue weighted by Gasteiger charge is 2.24. The first-order valence-electron chi connectivity index (χ1n) is 5.22. The smallest absolute Gasteiger partial charge is 0.335 e. The van der Waals surface area contributed by atoms with Crippen LogP contribution in [-0.4, -0.2) is 22.6 Å². The van der Waals surface area contributed by atoms with Gasteiger partial charge in [0.15, 0.2) is 5.75 Å². The Morgan fingerprint density at radius 3 is 2.76 bits per heavy atom. The summed E-state index contributed by atoms with van der Waals surface area (Å²) in [6.07, 6.45) is 2.17. The number of benzene rings is 1. The van der Waals surface area contributed by atoms with E-state index in [1.54, 1.807) is 0 Å². The molecule has 90 valence electrons. The second-order valence-electron chi connectivity index (χ2n) is 4.00. The number of nitro groups is 1. The largest absolute Gasteiger partial charge is 0.487 e. The van der Waals surface area contributed by atoms with Gasteiger partial charge in [0.2, 0.25) is 0 Å². The molecule has 0 spiro atoms. The Labute approximate surface area is 97.0 Å². The first-order valence-corrected chi connectivity index (χ1v) is 5.22. The Kier molecular flexibility index (Phi) is 2.95. The predicted octanol–water partition coefficient (Wildman–Crippen LogP) is 2.08. The van der Waals surface area contributed by atoms with Gasteiger partial charge in [0.05, 0.1) is 17.1 Å². The van der Waals surface area contributed by atoms with Gasteiger partial charge in [-0.2, -0.15) is 0 Å². The normalized spacial score (nSPS) is 14.4. The predicted molar refractivity (Wildman–Crippen MR) is 58.3 cm³/mol. The molecule has 0 unspecified atom stereocenters. The van der Waals surface area contributed by atoms with Gasteiger partial charge in [-0.05, 0) is 30.9 Å². The molecule has 1 saturated carbocycles. The van der Waals surface area contributed by atoms with Gasteiger partial charge in [0, 0.05) is 6.07 Å². The van der Waals surface area contributed by atoms with E-state index in [-0.39, 0.29) is 17.0 Å². The van der Waals surface area contributed by atoms with Crippen LogP contribution in [0.3, 0.4) is 0 Å². The number of nitro benzene ring substituents is 1. The van der Waals surface area contributed by atoms with Crippen LogP contribution in [-0.2, 0) is 0 Å². The summed E-state index contributed by atoms with van der Waals surface area (Å²) in [5.74, 6) is -0.581. The van der Waals surface area contributed by atoms with Crippen molar-refractivity contribution in [1.82, 2.24) is 0 Å². The quantitative estimate of drug-likeness (QED) is 0.625. The Hall–Kier alpha value is -2.11. The van der Waals surface area contributed by atoms with Gasteiger partial charge in [-0.15, -0.1) is 0 Å². The second kappa shape index (κ2) is 4.40. The van der Waals surface area contributed by atoms with Crippen LogP contribution in [0.15, 0.2) is 18.2 Å². The third-order valence-corrected chi connectivity index (χ3v) is 2.57. The lowest BCUT2D eigenvalue weighted by atomic mass is 10.2. The molecule has 0 amide bonds. The topological polar surface area (TPSA) is 89.7 Å². The summed E-state index contributed by atoms with van der Waals surface area (Å²) in [6, 6.07) is 3.66. The van der Waals surface area contributed by atoms with Gasteiger partial charge in [0.25, 0.3) is 0 Å². The van der Waals surface area contributed by atoms with E-state index in [9.17, 15) is 14.9 Å². The highest BCUT2D eigenvalue weighted by molar-refractivity contribution is 5.88. The molecule has 17 heavy (non-hydrogen) atoms. The highest BCUT2D eigenvalue weighted by atomic mass is 16.6. The van der Waals surface area contributed by atoms with Gasteiger partial charge in [-0.25, -0.2) is 4.79 Å². The van der Waals surface area contributed by atoms with Crippen LogP contribution >= 0.6 is 0 Å². The molecular formula is C11H11NO5. The zero-order valence-corrected chi connectivity index (χ0v) is 8.96. The van der Waals surface area contributed by atoms with Gasteiger partial charge in [-0.1, -0.05) is 0 Å². The molecule has 1 aliphatic rings. The minimum absolute atomic E-state index is 0.115. The van der Waals surface area contributed by atoms with Crippen molar-refractivity contribution in [3.8, 4) is 5.75 Å². The molecule has 1 fully saturated rings. The maximum absolute atomic E-state index is 10.8. The van der Waals surface area contributed by atoms with Crippen molar-refractivity contribution in [3.05, 3.63) is 33.9 Å². The molecule has 1 aromatic rings. The van der Waals surface area contributed by atoms with Gasteiger partial charge in [-0.3, -0.25) is 10.1 Å². The number of ether oxygens (including phenoxy) is 1. The lowest BCUT2D eigenvalue weighted by Gasteiger charge is -2.06. The highest BCUT2D eigenvalue weighted by Crippen LogP contribution is 2.33. The molecule has 1 aromatic carbocycles. The van der Waals surface area contributed by atoms with Gasteiger partial charge < -0.3 is 9.84 Å². The van der Waals surface area contributed by atoms with Crippen LogP contribution in [0.2, 0.25) is 0 Å². The van der Waals surface area contributed by atoms with E-state index in [1.807, 2.05) is 0 Å². The number of rotatable bonds is 5. The fourth-order valence-corrected chi connectivity index (χ4v) is 1.41.